The minimum atomic E-state index is -1.51. The molecule has 0 bridgehead atoms. The number of aliphatic hydroxyl groups is 2. The molecular weight excluding hydrogens is 626 g/mol. The van der Waals surface area contributed by atoms with Crippen LogP contribution in [0.4, 0.5) is 0 Å². The number of nitrogens with one attached hydrogen (secondary N) is 4. The van der Waals surface area contributed by atoms with E-state index in [9.17, 15) is 39.6 Å². The summed E-state index contributed by atoms with van der Waals surface area (Å²) >= 11 is 1.30. The fraction of sp³-hybridized carbons (Fsp3) is 0.515. The first kappa shape index (κ1) is 34.3. The summed E-state index contributed by atoms with van der Waals surface area (Å²) in [4.78, 5) is 51.8. The number of H-pyrrole nitrogens is 1. The van der Waals surface area contributed by atoms with E-state index >= 15 is 0 Å². The lowest BCUT2D eigenvalue weighted by Gasteiger charge is -2.36. The zero-order valence-electron chi connectivity index (χ0n) is 26.9. The number of carboxylic acid groups (broad SMARTS) is 2. The number of hydrogen-bond acceptors (Lipinski definition) is 8. The van der Waals surface area contributed by atoms with Crippen LogP contribution in [0.25, 0.3) is 12.2 Å². The van der Waals surface area contributed by atoms with Gasteiger partial charge < -0.3 is 47.1 Å². The fourth-order valence-electron chi connectivity index (χ4n) is 7.27. The zero-order valence-corrected chi connectivity index (χ0v) is 27.8. The van der Waals surface area contributed by atoms with E-state index < -0.39 is 59.2 Å². The number of rotatable bonds is 11. The summed E-state index contributed by atoms with van der Waals surface area (Å²) in [6.45, 7) is 10.7. The highest BCUT2D eigenvalue weighted by Crippen LogP contribution is 2.43. The van der Waals surface area contributed by atoms with Crippen molar-refractivity contribution in [3.8, 4) is 0 Å². The van der Waals surface area contributed by atoms with Crippen LogP contribution in [-0.2, 0) is 37.4 Å². The van der Waals surface area contributed by atoms with Gasteiger partial charge in [0.1, 0.15) is 12.2 Å². The number of carbonyl (C=O) groups is 4. The Bertz CT molecular complexity index is 1620. The molecule has 5 rings (SSSR count). The van der Waals surface area contributed by atoms with Gasteiger partial charge in [0, 0.05) is 53.0 Å². The molecule has 0 radical (unpaired) electrons. The van der Waals surface area contributed by atoms with Crippen molar-refractivity contribution in [3.05, 3.63) is 57.9 Å². The van der Waals surface area contributed by atoms with E-state index in [4.69, 9.17) is 5.73 Å². The van der Waals surface area contributed by atoms with Gasteiger partial charge in [0.15, 0.2) is 11.0 Å². The Labute approximate surface area is 276 Å². The summed E-state index contributed by atoms with van der Waals surface area (Å²) in [5.74, 6) is -3.70. The summed E-state index contributed by atoms with van der Waals surface area (Å²) in [5.41, 5.74) is 8.15. The average Bonchev–Trinajstić information content (AvgIpc) is 3.58. The quantitative estimate of drug-likeness (QED) is 0.0538. The van der Waals surface area contributed by atoms with E-state index in [1.54, 1.807) is 13.0 Å². The van der Waals surface area contributed by atoms with E-state index in [1.807, 2.05) is 19.9 Å². The standard InChI is InChI=1S/C33H43N5O8S/c1-6-18-31(45)37-25(32(18,5)46)12-33(34)16(4)29(23(39)11-27(42)43)22(38-33)10-20-17(7-8-26(40)41)14(2)19(35-20)9-21-28(24-13-47-24)15(3)30(44)36-21/h6,9-10,15-16,18,24-25,28,35,38-39,46H,1,7-8,11-13,34H2,2-5H3,(H,36,44)(H,37,45)(H,40,41)(H,42,43)/p+1/b21-9-,22-10+,29-23+/t15-,16?,18?,24+,25-,28-,32+,33+/m1/s1. The monoisotopic (exact) mass is 670 g/mol. The maximum Gasteiger partial charge on any atom is 0.311 e. The summed E-state index contributed by atoms with van der Waals surface area (Å²) in [7, 11) is 0. The highest BCUT2D eigenvalue weighted by molar-refractivity contribution is 7.86. The number of aliphatic carboxylic acids is 2. The van der Waals surface area contributed by atoms with Crippen molar-refractivity contribution in [2.75, 3.05) is 5.75 Å². The molecule has 0 aliphatic carbocycles. The van der Waals surface area contributed by atoms with E-state index in [2.05, 4.69) is 27.5 Å². The number of aliphatic hydroxyl groups excluding tert-OH is 1. The van der Waals surface area contributed by atoms with Crippen molar-refractivity contribution >= 4 is 47.7 Å². The van der Waals surface area contributed by atoms with Crippen LogP contribution in [0.2, 0.25) is 0 Å². The molecule has 4 aliphatic rings. The highest BCUT2D eigenvalue weighted by Gasteiger charge is 2.55. The number of aromatic nitrogens is 1. The molecule has 0 aromatic carbocycles. The third-order valence-corrected chi connectivity index (χ3v) is 11.3. The predicted molar refractivity (Wildman–Crippen MR) is 178 cm³/mol. The first-order valence-electron chi connectivity index (χ1n) is 15.7. The number of carboxylic acids is 2. The second-order valence-corrected chi connectivity index (χ2v) is 14.8. The predicted octanol–water partition coefficient (Wildman–Crippen LogP) is 1.22. The Morgan fingerprint density at radius 3 is 2.36 bits per heavy atom. The van der Waals surface area contributed by atoms with Crippen LogP contribution in [0.15, 0.2) is 35.4 Å². The van der Waals surface area contributed by atoms with Crippen molar-refractivity contribution in [3.63, 3.8) is 0 Å². The molecular formula is C33H44N5O8S+. The molecule has 254 valence electrons. The lowest BCUT2D eigenvalue weighted by Crippen LogP contribution is -2.59. The molecule has 4 aliphatic heterocycles. The fourth-order valence-corrected chi connectivity index (χ4v) is 8.26. The number of thiol groups is 1. The summed E-state index contributed by atoms with van der Waals surface area (Å²) in [6, 6.07) is -0.792. The smallest absolute Gasteiger partial charge is 0.311 e. The highest BCUT2D eigenvalue weighted by atomic mass is 32.2. The molecule has 14 heteroatoms. The zero-order chi connectivity index (χ0) is 34.6. The second-order valence-electron chi connectivity index (χ2n) is 13.4. The van der Waals surface area contributed by atoms with Gasteiger partial charge in [0.2, 0.25) is 11.8 Å². The maximum absolute atomic E-state index is 12.6. The van der Waals surface area contributed by atoms with Crippen molar-refractivity contribution in [2.24, 2.45) is 29.4 Å². The Kier molecular flexibility index (Phi) is 9.16. The molecule has 2 unspecified atom stereocenters. The van der Waals surface area contributed by atoms with E-state index in [1.165, 1.54) is 24.8 Å². The van der Waals surface area contributed by atoms with Crippen LogP contribution in [-0.4, -0.2) is 77.5 Å². The Morgan fingerprint density at radius 2 is 1.79 bits per heavy atom. The summed E-state index contributed by atoms with van der Waals surface area (Å²) < 4.78 is 0. The lowest BCUT2D eigenvalue weighted by molar-refractivity contribution is -0.137. The van der Waals surface area contributed by atoms with Gasteiger partial charge in [0.05, 0.1) is 29.1 Å². The van der Waals surface area contributed by atoms with Crippen LogP contribution in [0, 0.1) is 30.6 Å². The van der Waals surface area contributed by atoms with E-state index in [0.29, 0.717) is 27.9 Å². The first-order chi connectivity index (χ1) is 22.0. The van der Waals surface area contributed by atoms with Crippen molar-refractivity contribution < 1.29 is 39.6 Å². The van der Waals surface area contributed by atoms with Crippen molar-refractivity contribution in [2.45, 2.75) is 75.9 Å². The molecule has 5 heterocycles. The van der Waals surface area contributed by atoms with Gasteiger partial charge in [-0.05, 0) is 55.3 Å². The topological polar surface area (TPSA) is 227 Å². The van der Waals surface area contributed by atoms with Gasteiger partial charge in [-0.3, -0.25) is 19.2 Å². The molecule has 0 saturated carbocycles. The third-order valence-electron chi connectivity index (χ3n) is 10.2. The number of aromatic amines is 1. The number of hydrogen-bond donors (Lipinski definition) is 9. The molecule has 0 spiro atoms. The third kappa shape index (κ3) is 6.46. The summed E-state index contributed by atoms with van der Waals surface area (Å²) in [5, 5.41) is 50.8. The van der Waals surface area contributed by atoms with Gasteiger partial charge in [-0.15, -0.1) is 6.58 Å². The molecule has 8 atom stereocenters. The molecule has 1 aromatic rings. The summed E-state index contributed by atoms with van der Waals surface area (Å²) in [6.07, 6.45) is 4.33. The number of allylic oxidation sites excluding steroid dienone is 2. The molecule has 10 N–H and O–H groups in total. The second kappa shape index (κ2) is 12.5. The first-order valence-corrected chi connectivity index (χ1v) is 16.8. The normalized spacial score (nSPS) is 36.0. The van der Waals surface area contributed by atoms with Crippen LogP contribution < -0.4 is 21.7 Å². The van der Waals surface area contributed by atoms with Gasteiger partial charge in [0.25, 0.3) is 0 Å². The van der Waals surface area contributed by atoms with E-state index in [-0.39, 0.29) is 42.6 Å². The number of nitrogens with two attached hydrogens (primary N) is 1. The van der Waals surface area contributed by atoms with Crippen LogP contribution in [0.1, 0.15) is 62.5 Å². The van der Waals surface area contributed by atoms with Crippen molar-refractivity contribution in [1.82, 2.24) is 20.9 Å². The largest absolute Gasteiger partial charge is 0.511 e. The average molecular weight is 671 g/mol. The van der Waals surface area contributed by atoms with Crippen LogP contribution in [0.3, 0.4) is 0 Å². The molecule has 2 amide bonds. The Morgan fingerprint density at radius 1 is 1.11 bits per heavy atom. The van der Waals surface area contributed by atoms with Gasteiger partial charge in [-0.2, -0.15) is 0 Å². The molecule has 1 aromatic heterocycles. The minimum absolute atomic E-state index is 0.0190. The van der Waals surface area contributed by atoms with E-state index in [0.717, 1.165) is 17.0 Å². The van der Waals surface area contributed by atoms with Gasteiger partial charge >= 0.3 is 11.9 Å². The molecule has 4 saturated heterocycles. The van der Waals surface area contributed by atoms with Gasteiger partial charge in [-0.25, -0.2) is 0 Å². The Hall–Kier alpha value is -4.01. The lowest BCUT2D eigenvalue weighted by atomic mass is 9.79. The number of amides is 2. The van der Waals surface area contributed by atoms with Crippen LogP contribution >= 0.6 is 0 Å². The minimum Gasteiger partial charge on any atom is -0.511 e. The molecule has 13 nitrogen and oxygen atoms in total. The maximum atomic E-state index is 12.6. The van der Waals surface area contributed by atoms with Gasteiger partial charge in [-0.1, -0.05) is 19.9 Å². The molecule has 4 fully saturated rings. The molecule has 47 heavy (non-hydrogen) atoms. The SMILES string of the molecule is C=CC1C(=O)N[C@H](C[C@]2(N)NC(=C/c3[nH]c(/C=C4\NC(=O)[C@H](C)[C@H]4[C@@H]4C[SH+]4)c(C)c3CCC(=O)O)/C(=C(/O)CC(=O)O)C2C)[C@@]1(C)O. The number of carbonyl (C=O) groups excluding carboxylic acids is 2. The van der Waals surface area contributed by atoms with Crippen LogP contribution in [0.5, 0.6) is 0 Å². The van der Waals surface area contributed by atoms with Crippen molar-refractivity contribution in [1.29, 1.82) is 0 Å². The Balaban J connectivity index is 1.58.